The summed E-state index contributed by atoms with van der Waals surface area (Å²) in [4.78, 5) is 19.3. The molecule has 3 heterocycles. The van der Waals surface area contributed by atoms with E-state index in [1.54, 1.807) is 12.3 Å². The average molecular weight is 405 g/mol. The highest BCUT2D eigenvalue weighted by molar-refractivity contribution is 6.31. The van der Waals surface area contributed by atoms with Crippen molar-refractivity contribution in [2.24, 2.45) is 0 Å². The summed E-state index contributed by atoms with van der Waals surface area (Å²) in [5.74, 6) is -0.0474. The average Bonchev–Trinajstić information content (AvgIpc) is 2.72. The molecule has 1 saturated heterocycles. The molecule has 3 aromatic rings. The van der Waals surface area contributed by atoms with Gasteiger partial charge in [0.1, 0.15) is 23.2 Å². The predicted molar refractivity (Wildman–Crippen MR) is 102 cm³/mol. The lowest BCUT2D eigenvalue weighted by Crippen LogP contribution is -2.44. The van der Waals surface area contributed by atoms with E-state index in [9.17, 15) is 4.39 Å². The molecular formula is C18H18ClFN6O2. The lowest BCUT2D eigenvalue weighted by Gasteiger charge is -2.31. The zero-order valence-corrected chi connectivity index (χ0v) is 15.9. The number of nitrogens with zero attached hydrogens (tertiary/aromatic N) is 5. The SMILES string of the molecule is CC(Oc1ncc2ncnc(Nc3ccc(F)c(Cl)c3)c2n1)N1CCOCC1. The van der Waals surface area contributed by atoms with Gasteiger partial charge in [0.05, 0.1) is 24.4 Å². The Kier molecular flexibility index (Phi) is 5.47. The van der Waals surface area contributed by atoms with Gasteiger partial charge in [-0.3, -0.25) is 4.90 Å². The Hall–Kier alpha value is -2.62. The summed E-state index contributed by atoms with van der Waals surface area (Å²) in [5, 5.41) is 3.10. The number of rotatable bonds is 5. The molecule has 1 aromatic carbocycles. The van der Waals surface area contributed by atoms with Gasteiger partial charge in [-0.15, -0.1) is 0 Å². The van der Waals surface area contributed by atoms with Crippen LogP contribution in [0.1, 0.15) is 6.92 Å². The molecule has 1 unspecified atom stereocenters. The summed E-state index contributed by atoms with van der Waals surface area (Å²) in [6.07, 6.45) is 2.78. The summed E-state index contributed by atoms with van der Waals surface area (Å²) in [6, 6.07) is 4.54. The van der Waals surface area contributed by atoms with Gasteiger partial charge in [-0.2, -0.15) is 4.98 Å². The molecule has 4 rings (SSSR count). The standard InChI is InChI=1S/C18H18ClFN6O2/c1-11(26-4-6-27-7-5-26)28-18-21-9-15-16(25-18)17(23-10-22-15)24-12-2-3-14(20)13(19)8-12/h2-3,8-11H,4-7H2,1H3,(H,22,23,24). The number of benzene rings is 1. The van der Waals surface area contributed by atoms with Crippen LogP contribution in [-0.2, 0) is 4.74 Å². The van der Waals surface area contributed by atoms with Crippen molar-refractivity contribution >= 4 is 34.1 Å². The highest BCUT2D eigenvalue weighted by Crippen LogP contribution is 2.25. The molecule has 1 N–H and O–H groups in total. The minimum Gasteiger partial charge on any atom is -0.444 e. The van der Waals surface area contributed by atoms with Crippen molar-refractivity contribution in [1.29, 1.82) is 0 Å². The van der Waals surface area contributed by atoms with Gasteiger partial charge in [0, 0.05) is 18.8 Å². The molecule has 0 amide bonds. The molecule has 0 bridgehead atoms. The van der Waals surface area contributed by atoms with Crippen LogP contribution in [0, 0.1) is 5.82 Å². The minimum absolute atomic E-state index is 0.0151. The van der Waals surface area contributed by atoms with Gasteiger partial charge in [-0.1, -0.05) is 11.6 Å². The number of nitrogens with one attached hydrogen (secondary N) is 1. The van der Waals surface area contributed by atoms with Crippen molar-refractivity contribution in [3.05, 3.63) is 41.6 Å². The number of aromatic nitrogens is 4. The van der Waals surface area contributed by atoms with Crippen LogP contribution in [0.4, 0.5) is 15.9 Å². The third-order valence-corrected chi connectivity index (χ3v) is 4.66. The first-order chi connectivity index (χ1) is 13.6. The van der Waals surface area contributed by atoms with Crippen LogP contribution in [0.2, 0.25) is 5.02 Å². The molecule has 0 radical (unpaired) electrons. The maximum atomic E-state index is 13.4. The number of fused-ring (bicyclic) bond motifs is 1. The molecule has 1 atom stereocenters. The molecule has 10 heteroatoms. The number of halogens is 2. The third kappa shape index (κ3) is 4.11. The van der Waals surface area contributed by atoms with E-state index in [1.807, 2.05) is 6.92 Å². The second-order valence-electron chi connectivity index (χ2n) is 6.23. The van der Waals surface area contributed by atoms with Crippen molar-refractivity contribution in [3.63, 3.8) is 0 Å². The van der Waals surface area contributed by atoms with E-state index in [4.69, 9.17) is 21.1 Å². The molecule has 1 aliphatic heterocycles. The monoisotopic (exact) mass is 404 g/mol. The molecule has 8 nitrogen and oxygen atoms in total. The number of ether oxygens (including phenoxy) is 2. The Morgan fingerprint density at radius 1 is 1.25 bits per heavy atom. The van der Waals surface area contributed by atoms with Crippen molar-refractivity contribution in [3.8, 4) is 6.01 Å². The Morgan fingerprint density at radius 2 is 2.07 bits per heavy atom. The van der Waals surface area contributed by atoms with Gasteiger partial charge >= 0.3 is 6.01 Å². The normalized spacial score (nSPS) is 16.1. The van der Waals surface area contributed by atoms with Gasteiger partial charge in [0.25, 0.3) is 0 Å². The molecule has 146 valence electrons. The van der Waals surface area contributed by atoms with Crippen LogP contribution in [0.5, 0.6) is 6.01 Å². The number of morpholine rings is 1. The first kappa shape index (κ1) is 18.7. The smallest absolute Gasteiger partial charge is 0.318 e. The van der Waals surface area contributed by atoms with Crippen LogP contribution in [0.3, 0.4) is 0 Å². The predicted octanol–water partition coefficient (Wildman–Crippen LogP) is 3.01. The van der Waals surface area contributed by atoms with Crippen molar-refractivity contribution in [2.75, 3.05) is 31.6 Å². The number of hydrogen-bond acceptors (Lipinski definition) is 8. The van der Waals surface area contributed by atoms with Gasteiger partial charge in [0.2, 0.25) is 0 Å². The zero-order chi connectivity index (χ0) is 19.5. The van der Waals surface area contributed by atoms with E-state index in [0.29, 0.717) is 35.8 Å². The summed E-state index contributed by atoms with van der Waals surface area (Å²) in [6.45, 7) is 4.87. The molecule has 1 fully saturated rings. The van der Waals surface area contributed by atoms with E-state index in [2.05, 4.69) is 30.2 Å². The summed E-state index contributed by atoms with van der Waals surface area (Å²) >= 11 is 5.85. The summed E-state index contributed by atoms with van der Waals surface area (Å²) in [7, 11) is 0. The van der Waals surface area contributed by atoms with Gasteiger partial charge in [0.15, 0.2) is 12.0 Å². The molecule has 0 spiro atoms. The quantitative estimate of drug-likeness (QED) is 0.694. The van der Waals surface area contributed by atoms with Crippen LogP contribution < -0.4 is 10.1 Å². The van der Waals surface area contributed by atoms with Crippen LogP contribution in [0.25, 0.3) is 11.0 Å². The maximum Gasteiger partial charge on any atom is 0.318 e. The van der Waals surface area contributed by atoms with E-state index < -0.39 is 5.82 Å². The molecule has 2 aromatic heterocycles. The minimum atomic E-state index is -0.491. The number of anilines is 2. The third-order valence-electron chi connectivity index (χ3n) is 4.37. The van der Waals surface area contributed by atoms with Crippen LogP contribution >= 0.6 is 11.6 Å². The Bertz CT molecular complexity index is 985. The first-order valence-electron chi connectivity index (χ1n) is 8.78. The Labute approximate surface area is 165 Å². The van der Waals surface area contributed by atoms with Gasteiger partial charge in [-0.25, -0.2) is 19.3 Å². The lowest BCUT2D eigenvalue weighted by atomic mass is 10.3. The summed E-state index contributed by atoms with van der Waals surface area (Å²) in [5.41, 5.74) is 1.62. The van der Waals surface area contributed by atoms with Crippen LogP contribution in [-0.4, -0.2) is 57.4 Å². The molecule has 28 heavy (non-hydrogen) atoms. The molecule has 0 saturated carbocycles. The van der Waals surface area contributed by atoms with Crippen LogP contribution in [0.15, 0.2) is 30.7 Å². The van der Waals surface area contributed by atoms with Gasteiger partial charge < -0.3 is 14.8 Å². The highest BCUT2D eigenvalue weighted by atomic mass is 35.5. The zero-order valence-electron chi connectivity index (χ0n) is 15.1. The van der Waals surface area contributed by atoms with E-state index in [-0.39, 0.29) is 17.3 Å². The van der Waals surface area contributed by atoms with Crippen molar-refractivity contribution in [2.45, 2.75) is 13.2 Å². The molecular weight excluding hydrogens is 387 g/mol. The van der Waals surface area contributed by atoms with Gasteiger partial charge in [-0.05, 0) is 25.1 Å². The van der Waals surface area contributed by atoms with Crippen molar-refractivity contribution in [1.82, 2.24) is 24.8 Å². The lowest BCUT2D eigenvalue weighted by molar-refractivity contribution is -0.0404. The largest absolute Gasteiger partial charge is 0.444 e. The first-order valence-corrected chi connectivity index (χ1v) is 9.16. The fourth-order valence-electron chi connectivity index (χ4n) is 2.87. The van der Waals surface area contributed by atoms with E-state index in [1.165, 1.54) is 18.5 Å². The molecule has 1 aliphatic rings. The highest BCUT2D eigenvalue weighted by Gasteiger charge is 2.19. The second kappa shape index (κ2) is 8.17. The van der Waals surface area contributed by atoms with E-state index in [0.717, 1.165) is 13.1 Å². The number of hydrogen-bond donors (Lipinski definition) is 1. The van der Waals surface area contributed by atoms with Crippen molar-refractivity contribution < 1.29 is 13.9 Å². The maximum absolute atomic E-state index is 13.4. The van der Waals surface area contributed by atoms with E-state index >= 15 is 0 Å². The fourth-order valence-corrected chi connectivity index (χ4v) is 3.05. The topological polar surface area (TPSA) is 85.3 Å². The molecule has 0 aliphatic carbocycles. The second-order valence-corrected chi connectivity index (χ2v) is 6.64. The summed E-state index contributed by atoms with van der Waals surface area (Å²) < 4.78 is 24.6. The Balaban J connectivity index is 1.59. The fraction of sp³-hybridized carbons (Fsp3) is 0.333. The Morgan fingerprint density at radius 3 is 2.86 bits per heavy atom.